The summed E-state index contributed by atoms with van der Waals surface area (Å²) >= 11 is 0. The Morgan fingerprint density at radius 3 is 1.76 bits per heavy atom. The lowest BCUT2D eigenvalue weighted by molar-refractivity contribution is 0.208. The van der Waals surface area contributed by atoms with Crippen LogP contribution in [0.4, 0.5) is 0 Å². The van der Waals surface area contributed by atoms with Crippen LogP contribution in [0.3, 0.4) is 0 Å². The van der Waals surface area contributed by atoms with Gasteiger partial charge in [-0.25, -0.2) is 0 Å². The summed E-state index contributed by atoms with van der Waals surface area (Å²) in [5.41, 5.74) is 0. The summed E-state index contributed by atoms with van der Waals surface area (Å²) in [6, 6.07) is 24.4. The van der Waals surface area contributed by atoms with E-state index >= 15 is 0 Å². The highest BCUT2D eigenvalue weighted by Gasteiger charge is 2.25. The van der Waals surface area contributed by atoms with Gasteiger partial charge in [-0.2, -0.15) is 0 Å². The van der Waals surface area contributed by atoms with Gasteiger partial charge < -0.3 is 8.85 Å². The Labute approximate surface area is 173 Å². The second-order valence-electron chi connectivity index (χ2n) is 7.59. The van der Waals surface area contributed by atoms with E-state index in [1.807, 2.05) is 0 Å². The maximum absolute atomic E-state index is 6.30. The lowest BCUT2D eigenvalue weighted by Crippen LogP contribution is -2.38. The fourth-order valence-corrected chi connectivity index (χ4v) is 6.27. The number of rotatable bonds is 7. The van der Waals surface area contributed by atoms with Crippen LogP contribution in [0, 0.1) is 0 Å². The van der Waals surface area contributed by atoms with Crippen molar-refractivity contribution in [3.8, 4) is 0 Å². The Hall–Kier alpha value is -2.46. The fourth-order valence-electron chi connectivity index (χ4n) is 4.41. The Morgan fingerprint density at radius 2 is 1.14 bits per heavy atom. The Balaban J connectivity index is 1.91. The molecular formula is C26H25O2Si. The zero-order valence-electron chi connectivity index (χ0n) is 17.0. The maximum atomic E-state index is 6.30. The third kappa shape index (κ3) is 3.01. The monoisotopic (exact) mass is 397 g/mol. The normalized spacial score (nSPS) is 12.2. The first-order valence-electron chi connectivity index (χ1n) is 10.5. The molecule has 5 aromatic carbocycles. The molecule has 29 heavy (non-hydrogen) atoms. The molecule has 0 bridgehead atoms. The minimum atomic E-state index is -1.56. The van der Waals surface area contributed by atoms with Gasteiger partial charge >= 0.3 is 9.28 Å². The molecule has 0 aliphatic heterocycles. The Morgan fingerprint density at radius 1 is 0.586 bits per heavy atom. The Bertz CT molecular complexity index is 1280. The highest BCUT2D eigenvalue weighted by molar-refractivity contribution is 6.66. The molecule has 145 valence electrons. The predicted molar refractivity (Wildman–Crippen MR) is 126 cm³/mol. The van der Waals surface area contributed by atoms with Crippen LogP contribution in [0.1, 0.15) is 26.7 Å². The minimum absolute atomic E-state index is 0.734. The molecule has 0 spiro atoms. The quantitative estimate of drug-likeness (QED) is 0.183. The first-order valence-corrected chi connectivity index (χ1v) is 11.9. The molecule has 0 aliphatic rings. The summed E-state index contributed by atoms with van der Waals surface area (Å²) in [5, 5.41) is 11.7. The van der Waals surface area contributed by atoms with E-state index < -0.39 is 9.28 Å². The van der Waals surface area contributed by atoms with Crippen molar-refractivity contribution in [2.45, 2.75) is 26.7 Å². The van der Waals surface area contributed by atoms with Gasteiger partial charge in [-0.15, -0.1) is 0 Å². The van der Waals surface area contributed by atoms with Crippen molar-refractivity contribution >= 4 is 57.6 Å². The number of fused-ring (bicyclic) bond motifs is 2. The van der Waals surface area contributed by atoms with Gasteiger partial charge in [-0.3, -0.25) is 0 Å². The fraction of sp³-hybridized carbons (Fsp3) is 0.231. The summed E-state index contributed by atoms with van der Waals surface area (Å²) in [7, 11) is -1.56. The van der Waals surface area contributed by atoms with Gasteiger partial charge in [0.25, 0.3) is 0 Å². The van der Waals surface area contributed by atoms with E-state index in [9.17, 15) is 0 Å². The van der Waals surface area contributed by atoms with Crippen LogP contribution in [0.2, 0.25) is 0 Å². The van der Waals surface area contributed by atoms with E-state index in [1.165, 1.54) is 48.3 Å². The highest BCUT2D eigenvalue weighted by atomic mass is 28.3. The molecule has 0 saturated heterocycles. The van der Waals surface area contributed by atoms with Crippen LogP contribution >= 0.6 is 0 Å². The lowest BCUT2D eigenvalue weighted by atomic mass is 9.90. The molecule has 0 aliphatic carbocycles. The maximum Gasteiger partial charge on any atom is 0.424 e. The minimum Gasteiger partial charge on any atom is -0.390 e. The van der Waals surface area contributed by atoms with Gasteiger partial charge in [0.05, 0.1) is 0 Å². The van der Waals surface area contributed by atoms with E-state index in [4.69, 9.17) is 8.85 Å². The molecule has 0 amide bonds. The second kappa shape index (κ2) is 7.75. The van der Waals surface area contributed by atoms with E-state index in [0.717, 1.165) is 26.1 Å². The number of hydrogen-bond donors (Lipinski definition) is 0. The smallest absolute Gasteiger partial charge is 0.390 e. The molecule has 0 saturated carbocycles. The zero-order valence-corrected chi connectivity index (χ0v) is 18.0. The van der Waals surface area contributed by atoms with E-state index in [-0.39, 0.29) is 0 Å². The summed E-state index contributed by atoms with van der Waals surface area (Å²) in [6.45, 7) is 5.77. The predicted octanol–water partition coefficient (Wildman–Crippen LogP) is 6.29. The third-order valence-corrected chi connectivity index (χ3v) is 7.39. The molecule has 0 unspecified atom stereocenters. The van der Waals surface area contributed by atoms with Crippen LogP contribution in [0.25, 0.3) is 43.1 Å². The molecular weight excluding hydrogens is 372 g/mol. The van der Waals surface area contributed by atoms with Crippen molar-refractivity contribution in [2.75, 3.05) is 13.2 Å². The molecule has 1 radical (unpaired) electrons. The first-order chi connectivity index (χ1) is 14.3. The average molecular weight is 398 g/mol. The van der Waals surface area contributed by atoms with Crippen LogP contribution in [0.5, 0.6) is 0 Å². The molecule has 3 heteroatoms. The molecule has 5 rings (SSSR count). The summed E-state index contributed by atoms with van der Waals surface area (Å²) in [6.07, 6.45) is 1.99. The van der Waals surface area contributed by atoms with Gasteiger partial charge in [0.15, 0.2) is 0 Å². The van der Waals surface area contributed by atoms with Crippen molar-refractivity contribution in [3.63, 3.8) is 0 Å². The van der Waals surface area contributed by atoms with Gasteiger partial charge in [0.1, 0.15) is 0 Å². The zero-order chi connectivity index (χ0) is 19.8. The topological polar surface area (TPSA) is 18.5 Å². The summed E-state index contributed by atoms with van der Waals surface area (Å²) < 4.78 is 12.6. The van der Waals surface area contributed by atoms with Crippen LogP contribution in [-0.4, -0.2) is 22.5 Å². The largest absolute Gasteiger partial charge is 0.424 e. The van der Waals surface area contributed by atoms with Crippen molar-refractivity contribution in [1.29, 1.82) is 0 Å². The standard InChI is InChI=1S/C26H25O2Si/c1-3-16-27-29(28-17-4-2)23-15-14-19-10-6-12-21-20-11-5-8-18-9-7-13-22(24(18)20)26(23)25(19)21/h5-15H,3-4,16-17H2,1-2H3. The molecule has 0 heterocycles. The van der Waals surface area contributed by atoms with Crippen LogP contribution < -0.4 is 5.19 Å². The molecule has 0 fully saturated rings. The number of benzene rings is 5. The third-order valence-electron chi connectivity index (χ3n) is 5.60. The van der Waals surface area contributed by atoms with Crippen LogP contribution in [-0.2, 0) is 8.85 Å². The molecule has 2 nitrogen and oxygen atoms in total. The van der Waals surface area contributed by atoms with Crippen molar-refractivity contribution < 1.29 is 8.85 Å². The molecule has 5 aromatic rings. The van der Waals surface area contributed by atoms with E-state index in [0.29, 0.717) is 0 Å². The van der Waals surface area contributed by atoms with Crippen molar-refractivity contribution in [1.82, 2.24) is 0 Å². The highest BCUT2D eigenvalue weighted by Crippen LogP contribution is 2.39. The van der Waals surface area contributed by atoms with Gasteiger partial charge in [0, 0.05) is 18.4 Å². The molecule has 0 aromatic heterocycles. The average Bonchev–Trinajstić information content (AvgIpc) is 2.77. The SMILES string of the molecule is CCCO[Si](OCCC)c1ccc2cccc3c4cccc5cccc(c1c23)c54. The Kier molecular flexibility index (Phi) is 4.96. The summed E-state index contributed by atoms with van der Waals surface area (Å²) in [5.74, 6) is 0. The van der Waals surface area contributed by atoms with Gasteiger partial charge in [0.2, 0.25) is 0 Å². The molecule has 0 atom stereocenters. The van der Waals surface area contributed by atoms with E-state index in [1.54, 1.807) is 0 Å². The number of hydrogen-bond acceptors (Lipinski definition) is 2. The van der Waals surface area contributed by atoms with Gasteiger partial charge in [-0.1, -0.05) is 80.6 Å². The second-order valence-corrected chi connectivity index (χ2v) is 9.28. The lowest BCUT2D eigenvalue weighted by Gasteiger charge is -2.21. The van der Waals surface area contributed by atoms with Crippen molar-refractivity contribution in [3.05, 3.63) is 66.7 Å². The van der Waals surface area contributed by atoms with Gasteiger partial charge in [-0.05, 0) is 55.9 Å². The van der Waals surface area contributed by atoms with E-state index in [2.05, 4.69) is 80.6 Å². The van der Waals surface area contributed by atoms with Crippen LogP contribution in [0.15, 0.2) is 66.7 Å². The first kappa shape index (κ1) is 18.6. The van der Waals surface area contributed by atoms with Crippen molar-refractivity contribution in [2.24, 2.45) is 0 Å². The molecule has 0 N–H and O–H groups in total. The summed E-state index contributed by atoms with van der Waals surface area (Å²) in [4.78, 5) is 0.